The molecule has 8 bridgehead atoms. The number of H-pyrrole nitrogens is 2. The number of carboxylic acids is 2. The number of aromatic carboxylic acids is 2. The van der Waals surface area contributed by atoms with Crippen LogP contribution < -0.4 is 0 Å². The molecule has 8 heteroatoms. The molecule has 7 rings (SSSR count). The molecule has 44 heavy (non-hydrogen) atoms. The molecule has 0 atom stereocenters. The van der Waals surface area contributed by atoms with Gasteiger partial charge in [0.1, 0.15) is 0 Å². The zero-order valence-corrected chi connectivity index (χ0v) is 23.8. The lowest BCUT2D eigenvalue weighted by molar-refractivity contribution is 0.0686. The van der Waals surface area contributed by atoms with Gasteiger partial charge in [0.15, 0.2) is 0 Å². The Kier molecular flexibility index (Phi) is 6.32. The van der Waals surface area contributed by atoms with Crippen molar-refractivity contribution in [1.82, 2.24) is 19.9 Å². The molecular weight excluding hydrogens is 552 g/mol. The summed E-state index contributed by atoms with van der Waals surface area (Å²) in [4.78, 5) is 40.7. The SMILES string of the molecule is Cc1c2nc(c(-c3cccc(C(=O)O)c3)c3ccc([nH]3)c(C)c3nc(c(-c4cccc(C(=O)O)c4)c4ccc1[nH]4)C=C3)C=C2. The van der Waals surface area contributed by atoms with E-state index in [1.807, 2.05) is 74.5 Å². The van der Waals surface area contributed by atoms with Crippen molar-refractivity contribution in [3.05, 3.63) is 118 Å². The predicted octanol–water partition coefficient (Wildman–Crippen LogP) is 8.00. The number of hydrogen-bond acceptors (Lipinski definition) is 4. The molecule has 2 aliphatic rings. The number of fused-ring (bicyclic) bond motifs is 8. The Morgan fingerprint density at radius 2 is 0.932 bits per heavy atom. The van der Waals surface area contributed by atoms with E-state index in [2.05, 4.69) is 9.97 Å². The lowest BCUT2D eigenvalue weighted by atomic mass is 10.0. The van der Waals surface area contributed by atoms with Crippen LogP contribution in [0.2, 0.25) is 0 Å². The summed E-state index contributed by atoms with van der Waals surface area (Å²) in [5, 5.41) is 19.4. The number of nitrogens with one attached hydrogen (secondary N) is 2. The molecule has 0 spiro atoms. The highest BCUT2D eigenvalue weighted by Gasteiger charge is 2.17. The minimum absolute atomic E-state index is 0.194. The molecule has 0 fully saturated rings. The van der Waals surface area contributed by atoms with Gasteiger partial charge in [-0.3, -0.25) is 0 Å². The van der Waals surface area contributed by atoms with Crippen molar-refractivity contribution >= 4 is 58.3 Å². The maximum absolute atomic E-state index is 11.8. The maximum atomic E-state index is 11.8. The number of carboxylic acid groups (broad SMARTS) is 2. The van der Waals surface area contributed by atoms with E-state index in [0.717, 1.165) is 66.8 Å². The largest absolute Gasteiger partial charge is 0.478 e. The molecule has 0 aliphatic carbocycles. The quantitative estimate of drug-likeness (QED) is 0.167. The second-order valence-electron chi connectivity index (χ2n) is 10.8. The average Bonchev–Trinajstić information content (AvgIpc) is 3.85. The Morgan fingerprint density at radius 1 is 0.545 bits per heavy atom. The summed E-state index contributed by atoms with van der Waals surface area (Å²) in [6.45, 7) is 3.98. The minimum Gasteiger partial charge on any atom is -0.478 e. The Balaban J connectivity index is 1.60. The van der Waals surface area contributed by atoms with Crippen molar-refractivity contribution in [3.8, 4) is 22.3 Å². The molecule has 214 valence electrons. The minimum atomic E-state index is -0.996. The molecule has 8 nitrogen and oxygen atoms in total. The maximum Gasteiger partial charge on any atom is 0.335 e. The summed E-state index contributed by atoms with van der Waals surface area (Å²) in [7, 11) is 0. The van der Waals surface area contributed by atoms with Gasteiger partial charge in [-0.25, -0.2) is 19.6 Å². The molecule has 2 aliphatic heterocycles. The van der Waals surface area contributed by atoms with Crippen molar-refractivity contribution in [2.45, 2.75) is 13.8 Å². The zero-order valence-electron chi connectivity index (χ0n) is 23.8. The molecule has 2 aromatic carbocycles. The third kappa shape index (κ3) is 4.59. The number of benzene rings is 2. The van der Waals surface area contributed by atoms with Gasteiger partial charge in [0.05, 0.1) is 33.9 Å². The summed E-state index contributed by atoms with van der Waals surface area (Å²) < 4.78 is 0. The van der Waals surface area contributed by atoms with Gasteiger partial charge in [-0.2, -0.15) is 0 Å². The predicted molar refractivity (Wildman–Crippen MR) is 173 cm³/mol. The fourth-order valence-electron chi connectivity index (χ4n) is 5.71. The summed E-state index contributed by atoms with van der Waals surface area (Å²) in [5.74, 6) is -1.99. The lowest BCUT2D eigenvalue weighted by Crippen LogP contribution is -1.96. The van der Waals surface area contributed by atoms with Gasteiger partial charge in [0, 0.05) is 33.2 Å². The number of rotatable bonds is 4. The second-order valence-corrected chi connectivity index (χ2v) is 10.8. The van der Waals surface area contributed by atoms with E-state index in [9.17, 15) is 19.8 Å². The molecule has 3 aromatic heterocycles. The van der Waals surface area contributed by atoms with Crippen LogP contribution in [0, 0.1) is 13.8 Å². The Hall–Kier alpha value is -6.02. The molecular formula is C36H26N4O4. The molecule has 0 saturated carbocycles. The molecule has 0 unspecified atom stereocenters. The van der Waals surface area contributed by atoms with Gasteiger partial charge in [-0.05, 0) is 109 Å². The third-order valence-corrected chi connectivity index (χ3v) is 8.08. The van der Waals surface area contributed by atoms with Crippen LogP contribution in [0.5, 0.6) is 0 Å². The van der Waals surface area contributed by atoms with Crippen LogP contribution in [0.3, 0.4) is 0 Å². The van der Waals surface area contributed by atoms with Crippen LogP contribution >= 0.6 is 0 Å². The van der Waals surface area contributed by atoms with E-state index in [1.54, 1.807) is 36.4 Å². The molecule has 5 aromatic rings. The highest BCUT2D eigenvalue weighted by Crippen LogP contribution is 2.34. The van der Waals surface area contributed by atoms with E-state index >= 15 is 0 Å². The zero-order chi connectivity index (χ0) is 30.5. The van der Waals surface area contributed by atoms with Crippen LogP contribution in [0.25, 0.3) is 68.6 Å². The number of aromatic nitrogens is 4. The van der Waals surface area contributed by atoms with Gasteiger partial charge >= 0.3 is 11.9 Å². The molecule has 4 N–H and O–H groups in total. The number of carbonyl (C=O) groups is 2. The Morgan fingerprint density at radius 3 is 1.34 bits per heavy atom. The van der Waals surface area contributed by atoms with Crippen molar-refractivity contribution in [1.29, 1.82) is 0 Å². The average molecular weight is 579 g/mol. The van der Waals surface area contributed by atoms with Crippen molar-refractivity contribution < 1.29 is 19.8 Å². The smallest absolute Gasteiger partial charge is 0.335 e. The van der Waals surface area contributed by atoms with Crippen molar-refractivity contribution in [3.63, 3.8) is 0 Å². The fraction of sp³-hybridized carbons (Fsp3) is 0.0556. The molecule has 0 radical (unpaired) electrons. The standard InChI is InChI=1S/C36H26N4O4/c1-19-25-9-13-29(37-25)33(21-5-3-7-23(17-21)35(41)42)31-15-11-27(39-31)20(2)28-12-16-32(40-28)34(30-14-10-26(19)38-30)22-6-4-8-24(18-22)36(43)44/h3-18,37,40H,1-2H3,(H,41,42)(H,43,44). The van der Waals surface area contributed by atoms with Crippen LogP contribution in [0.1, 0.15) is 54.6 Å². The van der Waals surface area contributed by atoms with Gasteiger partial charge in [0.2, 0.25) is 0 Å². The number of nitrogens with zero attached hydrogens (tertiary/aromatic N) is 2. The number of aromatic amines is 2. The first kappa shape index (κ1) is 26.9. The van der Waals surface area contributed by atoms with E-state index < -0.39 is 11.9 Å². The lowest BCUT2D eigenvalue weighted by Gasteiger charge is -2.06. The molecule has 0 amide bonds. The Bertz CT molecular complexity index is 2110. The van der Waals surface area contributed by atoms with E-state index in [1.165, 1.54) is 0 Å². The number of aryl methyl sites for hydroxylation is 2. The van der Waals surface area contributed by atoms with E-state index in [-0.39, 0.29) is 11.1 Å². The van der Waals surface area contributed by atoms with Crippen LogP contribution in [-0.4, -0.2) is 42.1 Å². The van der Waals surface area contributed by atoms with Gasteiger partial charge in [-0.1, -0.05) is 24.3 Å². The summed E-state index contributed by atoms with van der Waals surface area (Å²) >= 11 is 0. The van der Waals surface area contributed by atoms with E-state index in [0.29, 0.717) is 11.4 Å². The highest BCUT2D eigenvalue weighted by molar-refractivity contribution is 5.97. The van der Waals surface area contributed by atoms with Crippen LogP contribution in [-0.2, 0) is 0 Å². The topological polar surface area (TPSA) is 132 Å². The van der Waals surface area contributed by atoms with Crippen molar-refractivity contribution in [2.75, 3.05) is 0 Å². The van der Waals surface area contributed by atoms with Gasteiger partial charge in [0.25, 0.3) is 0 Å². The molecule has 5 heterocycles. The fourth-order valence-corrected chi connectivity index (χ4v) is 5.71. The van der Waals surface area contributed by atoms with Gasteiger partial charge < -0.3 is 20.2 Å². The van der Waals surface area contributed by atoms with Crippen molar-refractivity contribution in [2.24, 2.45) is 0 Å². The third-order valence-electron chi connectivity index (χ3n) is 8.08. The first-order chi connectivity index (χ1) is 21.3. The van der Waals surface area contributed by atoms with Crippen LogP contribution in [0.4, 0.5) is 0 Å². The normalized spacial score (nSPS) is 12.0. The van der Waals surface area contributed by atoms with Gasteiger partial charge in [-0.15, -0.1) is 0 Å². The first-order valence-electron chi connectivity index (χ1n) is 14.0. The Labute approximate surface area is 251 Å². The van der Waals surface area contributed by atoms with Crippen LogP contribution in [0.15, 0.2) is 72.8 Å². The summed E-state index contributed by atoms with van der Waals surface area (Å²) in [5.41, 5.74) is 11.5. The molecule has 0 saturated heterocycles. The van der Waals surface area contributed by atoms with E-state index in [4.69, 9.17) is 9.97 Å². The number of hydrogen-bond donors (Lipinski definition) is 4. The summed E-state index contributed by atoms with van der Waals surface area (Å²) in [6.07, 6.45) is 7.80. The second kappa shape index (κ2) is 10.4. The monoisotopic (exact) mass is 578 g/mol. The first-order valence-corrected chi connectivity index (χ1v) is 14.0. The highest BCUT2D eigenvalue weighted by atomic mass is 16.4. The summed E-state index contributed by atoms with van der Waals surface area (Å²) in [6, 6.07) is 21.6.